The average molecular weight is 265 g/mol. The van der Waals surface area contributed by atoms with Gasteiger partial charge in [0.1, 0.15) is 5.60 Å². The molecule has 1 fully saturated rings. The zero-order valence-electron chi connectivity index (χ0n) is 11.5. The molecule has 1 atom stereocenters. The van der Waals surface area contributed by atoms with E-state index in [1.54, 1.807) is 17.0 Å². The van der Waals surface area contributed by atoms with Crippen molar-refractivity contribution in [2.45, 2.75) is 32.8 Å². The summed E-state index contributed by atoms with van der Waals surface area (Å²) in [4.78, 5) is 25.6. The van der Waals surface area contributed by atoms with Crippen molar-refractivity contribution in [1.82, 2.24) is 4.90 Å². The van der Waals surface area contributed by atoms with E-state index in [0.717, 1.165) is 0 Å². The number of rotatable bonds is 2. The topological polar surface area (TPSA) is 59.8 Å². The van der Waals surface area contributed by atoms with Crippen LogP contribution in [0.1, 0.15) is 37.7 Å². The number of likely N-dealkylation sites (tertiary alicyclic amines) is 1. The number of nitrogens with zero attached hydrogens (tertiary/aromatic N) is 1. The lowest BCUT2D eigenvalue weighted by Gasteiger charge is -2.24. The first-order valence-electron chi connectivity index (χ1n) is 6.42. The number of ketones is 1. The van der Waals surface area contributed by atoms with E-state index in [-0.39, 0.29) is 17.8 Å². The predicted molar refractivity (Wildman–Crippen MR) is 69.0 cm³/mol. The summed E-state index contributed by atoms with van der Waals surface area (Å²) in [6, 6.07) is 3.34. The van der Waals surface area contributed by atoms with Crippen LogP contribution in [-0.2, 0) is 4.74 Å². The molecule has 1 aromatic heterocycles. The lowest BCUT2D eigenvalue weighted by atomic mass is 10.0. The number of amides is 1. The zero-order valence-corrected chi connectivity index (χ0v) is 11.5. The Hall–Kier alpha value is -1.78. The van der Waals surface area contributed by atoms with E-state index in [4.69, 9.17) is 9.15 Å². The molecule has 0 bridgehead atoms. The van der Waals surface area contributed by atoms with E-state index in [0.29, 0.717) is 25.3 Å². The van der Waals surface area contributed by atoms with Gasteiger partial charge in [-0.15, -0.1) is 0 Å². The van der Waals surface area contributed by atoms with E-state index in [1.807, 2.05) is 20.8 Å². The van der Waals surface area contributed by atoms with Crippen LogP contribution in [0.25, 0.3) is 0 Å². The Balaban J connectivity index is 1.93. The summed E-state index contributed by atoms with van der Waals surface area (Å²) in [5.74, 6) is 0.116. The molecule has 0 N–H and O–H groups in total. The third-order valence-corrected chi connectivity index (χ3v) is 2.97. The van der Waals surface area contributed by atoms with Crippen molar-refractivity contribution in [3.63, 3.8) is 0 Å². The summed E-state index contributed by atoms with van der Waals surface area (Å²) in [6.45, 7) is 6.42. The van der Waals surface area contributed by atoms with Crippen LogP contribution in [0.5, 0.6) is 0 Å². The molecule has 1 unspecified atom stereocenters. The Kier molecular flexibility index (Phi) is 3.64. The molecule has 1 aromatic rings. The molecule has 0 saturated carbocycles. The van der Waals surface area contributed by atoms with Gasteiger partial charge in [0.15, 0.2) is 5.76 Å². The third kappa shape index (κ3) is 3.36. The van der Waals surface area contributed by atoms with Crippen molar-refractivity contribution < 1.29 is 18.7 Å². The van der Waals surface area contributed by atoms with E-state index in [2.05, 4.69) is 0 Å². The summed E-state index contributed by atoms with van der Waals surface area (Å²) >= 11 is 0. The number of carbonyl (C=O) groups excluding carboxylic acids is 2. The minimum absolute atomic E-state index is 0.0453. The zero-order chi connectivity index (χ0) is 14.0. The summed E-state index contributed by atoms with van der Waals surface area (Å²) in [5, 5.41) is 0. The fraction of sp³-hybridized carbons (Fsp3) is 0.571. The molecular weight excluding hydrogens is 246 g/mol. The van der Waals surface area contributed by atoms with Crippen LogP contribution in [-0.4, -0.2) is 35.5 Å². The van der Waals surface area contributed by atoms with Crippen LogP contribution >= 0.6 is 0 Å². The average Bonchev–Trinajstić information content (AvgIpc) is 2.98. The number of hydrogen-bond acceptors (Lipinski definition) is 4. The highest BCUT2D eigenvalue weighted by Crippen LogP contribution is 2.23. The van der Waals surface area contributed by atoms with Gasteiger partial charge < -0.3 is 14.1 Å². The van der Waals surface area contributed by atoms with Crippen LogP contribution in [0.2, 0.25) is 0 Å². The first-order chi connectivity index (χ1) is 8.87. The van der Waals surface area contributed by atoms with E-state index < -0.39 is 5.60 Å². The van der Waals surface area contributed by atoms with Gasteiger partial charge in [-0.3, -0.25) is 4.79 Å². The van der Waals surface area contributed by atoms with Gasteiger partial charge in [0, 0.05) is 19.0 Å². The molecule has 1 aliphatic heterocycles. The minimum Gasteiger partial charge on any atom is -0.461 e. The maximum atomic E-state index is 12.1. The first kappa shape index (κ1) is 13.6. The van der Waals surface area contributed by atoms with Crippen LogP contribution in [0, 0.1) is 5.92 Å². The third-order valence-electron chi connectivity index (χ3n) is 2.97. The van der Waals surface area contributed by atoms with E-state index in [9.17, 15) is 9.59 Å². The summed E-state index contributed by atoms with van der Waals surface area (Å²) < 4.78 is 10.4. The number of furan rings is 1. The second-order valence-electron chi connectivity index (χ2n) is 5.75. The van der Waals surface area contributed by atoms with Gasteiger partial charge in [-0.2, -0.15) is 0 Å². The molecule has 0 aromatic carbocycles. The Bertz CT molecular complexity index is 458. The van der Waals surface area contributed by atoms with Gasteiger partial charge in [-0.25, -0.2) is 4.79 Å². The quantitative estimate of drug-likeness (QED) is 0.771. The highest BCUT2D eigenvalue weighted by atomic mass is 16.6. The molecular formula is C14H19NO4. The lowest BCUT2D eigenvalue weighted by molar-refractivity contribution is 0.0289. The van der Waals surface area contributed by atoms with E-state index in [1.165, 1.54) is 6.26 Å². The predicted octanol–water partition coefficient (Wildman–Crippen LogP) is 2.72. The van der Waals surface area contributed by atoms with Crippen LogP contribution in [0.4, 0.5) is 4.79 Å². The SMILES string of the molecule is CC(C)(C)OC(=O)N1CCC(C(=O)c2ccco2)C1. The molecule has 19 heavy (non-hydrogen) atoms. The lowest BCUT2D eigenvalue weighted by Crippen LogP contribution is -2.35. The Labute approximate surface area is 112 Å². The van der Waals surface area contributed by atoms with Crippen molar-refractivity contribution in [2.75, 3.05) is 13.1 Å². The number of Topliss-reactive ketones (excluding diaryl/α,β-unsaturated/α-hetero) is 1. The Morgan fingerprint density at radius 1 is 1.42 bits per heavy atom. The van der Waals surface area contributed by atoms with Crippen LogP contribution in [0.15, 0.2) is 22.8 Å². The molecule has 104 valence electrons. The second-order valence-corrected chi connectivity index (χ2v) is 5.75. The molecule has 1 aliphatic rings. The largest absolute Gasteiger partial charge is 0.461 e. The molecule has 5 heteroatoms. The fourth-order valence-electron chi connectivity index (χ4n) is 2.09. The Morgan fingerprint density at radius 3 is 2.74 bits per heavy atom. The second kappa shape index (κ2) is 5.07. The minimum atomic E-state index is -0.514. The van der Waals surface area contributed by atoms with Gasteiger partial charge >= 0.3 is 6.09 Å². The molecule has 2 heterocycles. The highest BCUT2D eigenvalue weighted by Gasteiger charge is 2.34. The maximum Gasteiger partial charge on any atom is 0.410 e. The van der Waals surface area contributed by atoms with Crippen molar-refractivity contribution in [3.8, 4) is 0 Å². The summed E-state index contributed by atoms with van der Waals surface area (Å²) in [6.07, 6.45) is 1.77. The number of ether oxygens (including phenoxy) is 1. The molecule has 1 saturated heterocycles. The first-order valence-corrected chi connectivity index (χ1v) is 6.42. The van der Waals surface area contributed by atoms with Gasteiger partial charge in [-0.1, -0.05) is 0 Å². The van der Waals surface area contributed by atoms with Gasteiger partial charge in [-0.05, 0) is 39.3 Å². The van der Waals surface area contributed by atoms with Crippen molar-refractivity contribution in [3.05, 3.63) is 24.2 Å². The molecule has 2 rings (SSSR count). The maximum absolute atomic E-state index is 12.1. The van der Waals surface area contributed by atoms with Crippen LogP contribution < -0.4 is 0 Å². The molecule has 0 radical (unpaired) electrons. The van der Waals surface area contributed by atoms with Gasteiger partial charge in [0.25, 0.3) is 0 Å². The van der Waals surface area contributed by atoms with Crippen molar-refractivity contribution in [2.24, 2.45) is 5.92 Å². The number of carbonyl (C=O) groups is 2. The van der Waals surface area contributed by atoms with Crippen LogP contribution in [0.3, 0.4) is 0 Å². The molecule has 0 spiro atoms. The summed E-state index contributed by atoms with van der Waals surface area (Å²) in [5.41, 5.74) is -0.514. The van der Waals surface area contributed by atoms with E-state index >= 15 is 0 Å². The smallest absolute Gasteiger partial charge is 0.410 e. The molecule has 0 aliphatic carbocycles. The summed E-state index contributed by atoms with van der Waals surface area (Å²) in [7, 11) is 0. The molecule has 1 amide bonds. The van der Waals surface area contributed by atoms with Gasteiger partial charge in [0.2, 0.25) is 5.78 Å². The normalized spacial score (nSPS) is 19.5. The molecule has 5 nitrogen and oxygen atoms in total. The number of hydrogen-bond donors (Lipinski definition) is 0. The monoisotopic (exact) mass is 265 g/mol. The fourth-order valence-corrected chi connectivity index (χ4v) is 2.09. The van der Waals surface area contributed by atoms with Gasteiger partial charge in [0.05, 0.1) is 6.26 Å². The Morgan fingerprint density at radius 2 is 2.16 bits per heavy atom. The standard InChI is InChI=1S/C14H19NO4/c1-14(2,3)19-13(17)15-7-6-10(9-15)12(16)11-5-4-8-18-11/h4-5,8,10H,6-7,9H2,1-3H3. The highest BCUT2D eigenvalue weighted by molar-refractivity contribution is 5.96. The van der Waals surface area contributed by atoms with Crippen molar-refractivity contribution >= 4 is 11.9 Å². The van der Waals surface area contributed by atoms with Crippen molar-refractivity contribution in [1.29, 1.82) is 0 Å².